The SMILES string of the molecule is CC(C#N)Sc1nnc2c(Cl)cc(Cl)cn12. The van der Waals surface area contributed by atoms with E-state index in [0.717, 1.165) is 0 Å². The molecule has 0 bridgehead atoms. The van der Waals surface area contributed by atoms with Crippen LogP contribution in [0.5, 0.6) is 0 Å². The van der Waals surface area contributed by atoms with Crippen LogP contribution < -0.4 is 0 Å². The van der Waals surface area contributed by atoms with E-state index >= 15 is 0 Å². The number of thioether (sulfide) groups is 1. The maximum Gasteiger partial charge on any atom is 0.196 e. The lowest BCUT2D eigenvalue weighted by molar-refractivity contribution is 0.918. The molecule has 0 N–H and O–H groups in total. The van der Waals surface area contributed by atoms with Crippen LogP contribution in [0.3, 0.4) is 0 Å². The molecule has 2 heterocycles. The van der Waals surface area contributed by atoms with Gasteiger partial charge in [-0.2, -0.15) is 5.26 Å². The number of rotatable bonds is 2. The van der Waals surface area contributed by atoms with Crippen LogP contribution in [0.1, 0.15) is 6.92 Å². The summed E-state index contributed by atoms with van der Waals surface area (Å²) in [5, 5.41) is 18.0. The summed E-state index contributed by atoms with van der Waals surface area (Å²) in [5.41, 5.74) is 0.540. The van der Waals surface area contributed by atoms with Gasteiger partial charge < -0.3 is 0 Å². The lowest BCUT2D eigenvalue weighted by atomic mass is 10.5. The van der Waals surface area contributed by atoms with Crippen molar-refractivity contribution in [3.8, 4) is 6.07 Å². The third-order valence-electron chi connectivity index (χ3n) is 1.86. The summed E-state index contributed by atoms with van der Waals surface area (Å²) in [6.45, 7) is 1.79. The van der Waals surface area contributed by atoms with Crippen LogP contribution in [0.25, 0.3) is 5.65 Å². The van der Waals surface area contributed by atoms with Crippen LogP contribution in [-0.4, -0.2) is 19.8 Å². The smallest absolute Gasteiger partial charge is 0.196 e. The molecule has 0 radical (unpaired) electrons. The highest BCUT2D eigenvalue weighted by Gasteiger charge is 2.12. The van der Waals surface area contributed by atoms with Gasteiger partial charge in [-0.1, -0.05) is 35.0 Å². The summed E-state index contributed by atoms with van der Waals surface area (Å²) >= 11 is 13.2. The number of aromatic nitrogens is 3. The molecule has 0 aliphatic carbocycles. The van der Waals surface area contributed by atoms with Crippen molar-refractivity contribution in [2.75, 3.05) is 0 Å². The molecule has 4 nitrogen and oxygen atoms in total. The van der Waals surface area contributed by atoms with Gasteiger partial charge in [0.2, 0.25) is 0 Å². The lowest BCUT2D eigenvalue weighted by Gasteiger charge is -2.01. The molecular formula is C9H6Cl2N4S. The van der Waals surface area contributed by atoms with Gasteiger partial charge in [-0.05, 0) is 13.0 Å². The van der Waals surface area contributed by atoms with Crippen LogP contribution in [0.4, 0.5) is 0 Å². The largest absolute Gasteiger partial charge is 0.275 e. The Kier molecular flexibility index (Phi) is 3.24. The average Bonchev–Trinajstić information content (AvgIpc) is 2.61. The van der Waals surface area contributed by atoms with Gasteiger partial charge in [0.25, 0.3) is 0 Å². The van der Waals surface area contributed by atoms with Crippen molar-refractivity contribution in [2.24, 2.45) is 0 Å². The Labute approximate surface area is 106 Å². The molecule has 1 unspecified atom stereocenters. The van der Waals surface area contributed by atoms with Crippen LogP contribution in [0.15, 0.2) is 17.4 Å². The summed E-state index contributed by atoms with van der Waals surface area (Å²) < 4.78 is 1.68. The minimum atomic E-state index is -0.204. The fourth-order valence-electron chi connectivity index (χ4n) is 1.17. The maximum atomic E-state index is 8.73. The van der Waals surface area contributed by atoms with Gasteiger partial charge in [-0.15, -0.1) is 10.2 Å². The predicted octanol–water partition coefficient (Wildman–Crippen LogP) is 3.04. The monoisotopic (exact) mass is 272 g/mol. The van der Waals surface area contributed by atoms with Crippen molar-refractivity contribution in [1.29, 1.82) is 5.26 Å². The normalized spacial score (nSPS) is 12.6. The Morgan fingerprint density at radius 1 is 1.50 bits per heavy atom. The van der Waals surface area contributed by atoms with Crippen molar-refractivity contribution in [1.82, 2.24) is 14.6 Å². The van der Waals surface area contributed by atoms with Gasteiger partial charge >= 0.3 is 0 Å². The second kappa shape index (κ2) is 4.50. The molecule has 7 heteroatoms. The average molecular weight is 273 g/mol. The van der Waals surface area contributed by atoms with Crippen molar-refractivity contribution in [3.05, 3.63) is 22.3 Å². The van der Waals surface area contributed by atoms with Gasteiger partial charge in [0.1, 0.15) is 0 Å². The summed E-state index contributed by atoms with van der Waals surface area (Å²) in [5.74, 6) is 0. The first kappa shape index (κ1) is 11.5. The van der Waals surface area contributed by atoms with E-state index in [1.54, 1.807) is 23.6 Å². The maximum absolute atomic E-state index is 8.73. The van der Waals surface area contributed by atoms with E-state index in [9.17, 15) is 0 Å². The van der Waals surface area contributed by atoms with Crippen molar-refractivity contribution < 1.29 is 0 Å². The number of nitriles is 1. The number of pyridine rings is 1. The molecule has 0 amide bonds. The molecule has 0 saturated heterocycles. The predicted molar refractivity (Wildman–Crippen MR) is 63.9 cm³/mol. The van der Waals surface area contributed by atoms with E-state index in [4.69, 9.17) is 28.5 Å². The fraction of sp³-hybridized carbons (Fsp3) is 0.222. The number of fused-ring (bicyclic) bond motifs is 1. The van der Waals surface area contributed by atoms with E-state index in [2.05, 4.69) is 16.3 Å². The zero-order chi connectivity index (χ0) is 11.7. The fourth-order valence-corrected chi connectivity index (χ4v) is 2.39. The Morgan fingerprint density at radius 3 is 2.94 bits per heavy atom. The van der Waals surface area contributed by atoms with Gasteiger partial charge in [0, 0.05) is 6.20 Å². The molecule has 16 heavy (non-hydrogen) atoms. The Bertz CT molecular complexity index is 575. The van der Waals surface area contributed by atoms with E-state index in [-0.39, 0.29) is 5.25 Å². The van der Waals surface area contributed by atoms with Crippen molar-refractivity contribution in [3.63, 3.8) is 0 Å². The number of hydrogen-bond acceptors (Lipinski definition) is 4. The van der Waals surface area contributed by atoms with Crippen LogP contribution >= 0.6 is 35.0 Å². The minimum absolute atomic E-state index is 0.204. The number of hydrogen-bond donors (Lipinski definition) is 0. The Balaban J connectivity index is 2.52. The molecule has 0 aromatic carbocycles. The molecule has 0 fully saturated rings. The van der Waals surface area contributed by atoms with E-state index < -0.39 is 0 Å². The van der Waals surface area contributed by atoms with E-state index in [1.807, 2.05) is 0 Å². The van der Waals surface area contributed by atoms with Gasteiger partial charge in [-0.3, -0.25) is 4.40 Å². The van der Waals surface area contributed by atoms with Gasteiger partial charge in [0.15, 0.2) is 10.8 Å². The number of nitrogens with zero attached hydrogens (tertiary/aromatic N) is 4. The standard InChI is InChI=1S/C9H6Cl2N4S/c1-5(3-12)16-9-14-13-8-7(11)2-6(10)4-15(8)9/h2,4-5H,1H3. The van der Waals surface area contributed by atoms with Gasteiger partial charge in [0.05, 0.1) is 21.4 Å². The van der Waals surface area contributed by atoms with Crippen molar-refractivity contribution in [2.45, 2.75) is 17.3 Å². The number of halogens is 2. The Hall–Kier alpha value is -0.960. The molecule has 0 spiro atoms. The van der Waals surface area contributed by atoms with E-state index in [0.29, 0.717) is 20.8 Å². The molecule has 2 rings (SSSR count). The molecule has 0 aliphatic heterocycles. The third kappa shape index (κ3) is 2.09. The zero-order valence-electron chi connectivity index (χ0n) is 8.19. The topological polar surface area (TPSA) is 54.0 Å². The second-order valence-electron chi connectivity index (χ2n) is 3.07. The minimum Gasteiger partial charge on any atom is -0.275 e. The summed E-state index contributed by atoms with van der Waals surface area (Å²) in [7, 11) is 0. The third-order valence-corrected chi connectivity index (χ3v) is 3.29. The van der Waals surface area contributed by atoms with Crippen molar-refractivity contribution >= 4 is 40.6 Å². The summed E-state index contributed by atoms with van der Waals surface area (Å²) in [4.78, 5) is 0. The highest BCUT2D eigenvalue weighted by molar-refractivity contribution is 8.00. The second-order valence-corrected chi connectivity index (χ2v) is 5.22. The lowest BCUT2D eigenvalue weighted by Crippen LogP contribution is -1.94. The molecule has 0 saturated carbocycles. The molecule has 2 aromatic heterocycles. The first-order valence-corrected chi connectivity index (χ1v) is 6.01. The molecule has 1 atom stereocenters. The summed E-state index contributed by atoms with van der Waals surface area (Å²) in [6, 6.07) is 3.72. The first-order valence-electron chi connectivity index (χ1n) is 4.38. The quantitative estimate of drug-likeness (QED) is 0.789. The Morgan fingerprint density at radius 2 is 2.25 bits per heavy atom. The van der Waals surface area contributed by atoms with Crippen LogP contribution in [-0.2, 0) is 0 Å². The molecular weight excluding hydrogens is 267 g/mol. The van der Waals surface area contributed by atoms with E-state index in [1.165, 1.54) is 11.8 Å². The molecule has 0 aliphatic rings. The van der Waals surface area contributed by atoms with Crippen LogP contribution in [0, 0.1) is 11.3 Å². The van der Waals surface area contributed by atoms with Crippen LogP contribution in [0.2, 0.25) is 10.0 Å². The zero-order valence-corrected chi connectivity index (χ0v) is 10.5. The molecule has 82 valence electrons. The first-order chi connectivity index (χ1) is 7.61. The highest BCUT2D eigenvalue weighted by Crippen LogP contribution is 2.26. The highest BCUT2D eigenvalue weighted by atomic mass is 35.5. The van der Waals surface area contributed by atoms with Gasteiger partial charge in [-0.25, -0.2) is 0 Å². The summed E-state index contributed by atoms with van der Waals surface area (Å²) in [6.07, 6.45) is 1.68. The molecule has 2 aromatic rings.